The lowest BCUT2D eigenvalue weighted by Crippen LogP contribution is -2.63. The van der Waals surface area contributed by atoms with Crippen LogP contribution in [-0.4, -0.2) is 39.5 Å². The van der Waals surface area contributed by atoms with Gasteiger partial charge >= 0.3 is 12.1 Å². The summed E-state index contributed by atoms with van der Waals surface area (Å²) < 4.78 is 5.11. The summed E-state index contributed by atoms with van der Waals surface area (Å²) in [4.78, 5) is 23.7. The monoisotopic (exact) mass is 309 g/mol. The molecule has 0 spiro atoms. The summed E-state index contributed by atoms with van der Waals surface area (Å²) in [5, 5.41) is 21.9. The van der Waals surface area contributed by atoms with E-state index in [4.69, 9.17) is 4.74 Å². The molecule has 0 saturated heterocycles. The van der Waals surface area contributed by atoms with Gasteiger partial charge in [0, 0.05) is 6.42 Å². The molecule has 122 valence electrons. The lowest BCUT2D eigenvalue weighted by atomic mass is 9.86. The van der Waals surface area contributed by atoms with Crippen molar-refractivity contribution in [2.24, 2.45) is 0 Å². The summed E-state index contributed by atoms with van der Waals surface area (Å²) in [7, 11) is 0. The van der Waals surface area contributed by atoms with E-state index >= 15 is 0 Å². The number of hydrogen-bond acceptors (Lipinski definition) is 4. The van der Waals surface area contributed by atoms with E-state index in [1.54, 1.807) is 51.1 Å². The van der Waals surface area contributed by atoms with Gasteiger partial charge in [-0.3, -0.25) is 0 Å². The number of benzene rings is 1. The van der Waals surface area contributed by atoms with Crippen LogP contribution in [0.1, 0.15) is 33.3 Å². The summed E-state index contributed by atoms with van der Waals surface area (Å²) in [5.41, 5.74) is -1.94. The molecule has 22 heavy (non-hydrogen) atoms. The van der Waals surface area contributed by atoms with Gasteiger partial charge in [0.1, 0.15) is 5.60 Å². The van der Waals surface area contributed by atoms with Crippen molar-refractivity contribution in [3.8, 4) is 0 Å². The standard InChI is InChI=1S/C16H23NO5/c1-11(18)16(13(19)20,10-12-8-6-5-7-9-12)17-14(21)22-15(2,3)4/h5-9,11,18H,10H2,1-4H3,(H,17,21)(H,19,20). The number of carbonyl (C=O) groups is 2. The number of alkyl carbamates (subject to hydrolysis) is 1. The van der Waals surface area contributed by atoms with Crippen LogP contribution < -0.4 is 5.32 Å². The van der Waals surface area contributed by atoms with Gasteiger partial charge in [-0.25, -0.2) is 9.59 Å². The minimum absolute atomic E-state index is 0.0555. The van der Waals surface area contributed by atoms with Crippen molar-refractivity contribution in [3.05, 3.63) is 35.9 Å². The Morgan fingerprint density at radius 1 is 1.23 bits per heavy atom. The van der Waals surface area contributed by atoms with Crippen molar-refractivity contribution in [1.82, 2.24) is 5.32 Å². The fourth-order valence-corrected chi connectivity index (χ4v) is 2.01. The molecule has 0 aliphatic rings. The number of aliphatic hydroxyl groups excluding tert-OH is 1. The molecule has 1 aromatic carbocycles. The van der Waals surface area contributed by atoms with Gasteiger partial charge in [0.2, 0.25) is 0 Å². The first-order valence-electron chi connectivity index (χ1n) is 7.03. The summed E-state index contributed by atoms with van der Waals surface area (Å²) in [6.45, 7) is 6.35. The molecular weight excluding hydrogens is 286 g/mol. The van der Waals surface area contributed by atoms with Gasteiger partial charge in [-0.2, -0.15) is 0 Å². The van der Waals surface area contributed by atoms with Crippen LogP contribution in [0.15, 0.2) is 30.3 Å². The predicted molar refractivity (Wildman–Crippen MR) is 81.6 cm³/mol. The molecule has 0 fully saturated rings. The van der Waals surface area contributed by atoms with Crippen LogP contribution in [0.25, 0.3) is 0 Å². The minimum Gasteiger partial charge on any atom is -0.479 e. The van der Waals surface area contributed by atoms with Crippen molar-refractivity contribution < 1.29 is 24.5 Å². The van der Waals surface area contributed by atoms with Gasteiger partial charge in [0.15, 0.2) is 5.54 Å². The highest BCUT2D eigenvalue weighted by Crippen LogP contribution is 2.20. The summed E-state index contributed by atoms with van der Waals surface area (Å²) in [5.74, 6) is -1.32. The third-order valence-electron chi connectivity index (χ3n) is 3.14. The summed E-state index contributed by atoms with van der Waals surface area (Å²) in [6, 6.07) is 8.79. The largest absolute Gasteiger partial charge is 0.479 e. The number of rotatable bonds is 5. The molecule has 6 heteroatoms. The quantitative estimate of drug-likeness (QED) is 0.772. The molecule has 0 radical (unpaired) electrons. The zero-order valence-corrected chi connectivity index (χ0v) is 13.3. The van der Waals surface area contributed by atoms with Gasteiger partial charge in [-0.15, -0.1) is 0 Å². The fraction of sp³-hybridized carbons (Fsp3) is 0.500. The second-order valence-corrected chi connectivity index (χ2v) is 6.24. The van der Waals surface area contributed by atoms with Crippen LogP contribution in [-0.2, 0) is 16.0 Å². The van der Waals surface area contributed by atoms with E-state index in [9.17, 15) is 19.8 Å². The first kappa shape index (κ1) is 18.0. The number of nitrogens with one attached hydrogen (secondary N) is 1. The second-order valence-electron chi connectivity index (χ2n) is 6.24. The number of carboxylic acids is 1. The lowest BCUT2D eigenvalue weighted by molar-refractivity contribution is -0.149. The lowest BCUT2D eigenvalue weighted by Gasteiger charge is -2.34. The topological polar surface area (TPSA) is 95.9 Å². The van der Waals surface area contributed by atoms with Gasteiger partial charge in [0.05, 0.1) is 6.10 Å². The molecule has 0 aliphatic heterocycles. The zero-order valence-electron chi connectivity index (χ0n) is 13.3. The molecule has 0 saturated carbocycles. The smallest absolute Gasteiger partial charge is 0.408 e. The normalized spacial score (nSPS) is 15.5. The van der Waals surface area contributed by atoms with Crippen LogP contribution >= 0.6 is 0 Å². The first-order valence-corrected chi connectivity index (χ1v) is 7.03. The van der Waals surface area contributed by atoms with E-state index in [0.717, 1.165) is 0 Å². The maximum Gasteiger partial charge on any atom is 0.408 e. The fourth-order valence-electron chi connectivity index (χ4n) is 2.01. The summed E-state index contributed by atoms with van der Waals surface area (Å²) >= 11 is 0. The van der Waals surface area contributed by atoms with E-state index in [1.165, 1.54) is 6.92 Å². The third-order valence-corrected chi connectivity index (χ3v) is 3.14. The Morgan fingerprint density at radius 2 is 1.77 bits per heavy atom. The second kappa shape index (κ2) is 6.79. The van der Waals surface area contributed by atoms with Crippen LogP contribution in [0, 0.1) is 0 Å². The molecule has 1 rings (SSSR count). The van der Waals surface area contributed by atoms with Crippen LogP contribution in [0.3, 0.4) is 0 Å². The molecule has 0 bridgehead atoms. The predicted octanol–water partition coefficient (Wildman–Crippen LogP) is 1.96. The Balaban J connectivity index is 3.06. The van der Waals surface area contributed by atoms with Crippen molar-refractivity contribution in [2.75, 3.05) is 0 Å². The van der Waals surface area contributed by atoms with E-state index in [1.807, 2.05) is 0 Å². The Hall–Kier alpha value is -2.08. The van der Waals surface area contributed by atoms with Crippen LogP contribution in [0.2, 0.25) is 0 Å². The molecular formula is C16H23NO5. The SMILES string of the molecule is CC(O)C(Cc1ccccc1)(NC(=O)OC(C)(C)C)C(=O)O. The molecule has 2 atom stereocenters. The average molecular weight is 309 g/mol. The molecule has 2 unspecified atom stereocenters. The van der Waals surface area contributed by atoms with E-state index in [-0.39, 0.29) is 6.42 Å². The third kappa shape index (κ3) is 4.73. The molecule has 3 N–H and O–H groups in total. The van der Waals surface area contributed by atoms with Gasteiger partial charge < -0.3 is 20.3 Å². The van der Waals surface area contributed by atoms with Crippen molar-refractivity contribution >= 4 is 12.1 Å². The Bertz CT molecular complexity index is 521. The number of hydrogen-bond donors (Lipinski definition) is 3. The number of aliphatic hydroxyl groups is 1. The van der Waals surface area contributed by atoms with Crippen LogP contribution in [0.5, 0.6) is 0 Å². The average Bonchev–Trinajstić information content (AvgIpc) is 2.36. The Morgan fingerprint density at radius 3 is 2.18 bits per heavy atom. The molecule has 0 aromatic heterocycles. The highest BCUT2D eigenvalue weighted by molar-refractivity contribution is 5.85. The summed E-state index contributed by atoms with van der Waals surface area (Å²) in [6.07, 6.45) is -2.25. The van der Waals surface area contributed by atoms with E-state index in [2.05, 4.69) is 5.32 Å². The molecule has 0 aliphatic carbocycles. The Kier molecular flexibility index (Phi) is 5.54. The molecule has 6 nitrogen and oxygen atoms in total. The van der Waals surface area contributed by atoms with Crippen LogP contribution in [0.4, 0.5) is 4.79 Å². The van der Waals surface area contributed by atoms with Crippen molar-refractivity contribution in [2.45, 2.75) is 51.4 Å². The number of carbonyl (C=O) groups excluding carboxylic acids is 1. The number of aliphatic carboxylic acids is 1. The molecule has 1 aromatic rings. The van der Waals surface area contributed by atoms with E-state index < -0.39 is 29.3 Å². The molecule has 0 heterocycles. The maximum atomic E-state index is 12.0. The maximum absolute atomic E-state index is 12.0. The van der Waals surface area contributed by atoms with Gasteiger partial charge in [0.25, 0.3) is 0 Å². The minimum atomic E-state index is -1.86. The van der Waals surface area contributed by atoms with Gasteiger partial charge in [-0.05, 0) is 33.3 Å². The number of carboxylic acid groups (broad SMARTS) is 1. The highest BCUT2D eigenvalue weighted by atomic mass is 16.6. The van der Waals surface area contributed by atoms with Crippen molar-refractivity contribution in [1.29, 1.82) is 0 Å². The van der Waals surface area contributed by atoms with Crippen molar-refractivity contribution in [3.63, 3.8) is 0 Å². The molecule has 1 amide bonds. The first-order chi connectivity index (χ1) is 10.1. The zero-order chi connectivity index (χ0) is 17.0. The van der Waals surface area contributed by atoms with E-state index in [0.29, 0.717) is 5.56 Å². The number of ether oxygens (including phenoxy) is 1. The Labute approximate surface area is 130 Å². The highest BCUT2D eigenvalue weighted by Gasteiger charge is 2.45. The van der Waals surface area contributed by atoms with Gasteiger partial charge in [-0.1, -0.05) is 30.3 Å². The number of amides is 1.